The Kier molecular flexibility index (Phi) is 17.1. The summed E-state index contributed by atoms with van der Waals surface area (Å²) in [5.41, 5.74) is 22.4. The van der Waals surface area contributed by atoms with Gasteiger partial charge in [0.1, 0.15) is 48.8 Å². The number of ether oxygens (including phenoxy) is 1. The quantitative estimate of drug-likeness (QED) is 0.0797. The largest absolute Gasteiger partial charge is 0.507 e. The topological polar surface area (TPSA) is 294 Å². The molecule has 356 valence electrons. The van der Waals surface area contributed by atoms with Gasteiger partial charge in [-0.25, -0.2) is 9.97 Å². The summed E-state index contributed by atoms with van der Waals surface area (Å²) in [6, 6.07) is 12.8. The molecule has 0 saturated carbocycles. The van der Waals surface area contributed by atoms with Crippen LogP contribution in [0.2, 0.25) is 0 Å². The highest BCUT2D eigenvalue weighted by molar-refractivity contribution is 6.00. The van der Waals surface area contributed by atoms with Gasteiger partial charge in [-0.1, -0.05) is 51.1 Å². The highest BCUT2D eigenvalue weighted by Gasteiger charge is 2.37. The minimum Gasteiger partial charge on any atom is -0.507 e. The molecule has 67 heavy (non-hydrogen) atoms. The van der Waals surface area contributed by atoms with Crippen molar-refractivity contribution in [3.8, 4) is 40.1 Å². The van der Waals surface area contributed by atoms with E-state index in [4.69, 9.17) is 21.9 Å². The molecule has 0 radical (unpaired) electrons. The van der Waals surface area contributed by atoms with Gasteiger partial charge in [-0.05, 0) is 105 Å². The molecule has 5 amide bonds. The highest BCUT2D eigenvalue weighted by Crippen LogP contribution is 2.42. The van der Waals surface area contributed by atoms with Crippen LogP contribution in [0, 0.1) is 25.2 Å². The van der Waals surface area contributed by atoms with Gasteiger partial charge in [0, 0.05) is 36.7 Å². The Labute approximate surface area is 391 Å². The Bertz CT molecular complexity index is 2490. The summed E-state index contributed by atoms with van der Waals surface area (Å²) in [6.45, 7) is 11.4. The number of fused-ring (bicyclic) bond motifs is 5. The first-order valence-electron chi connectivity index (χ1n) is 22.3. The first kappa shape index (κ1) is 51.1. The molecule has 18 nitrogen and oxygen atoms in total. The van der Waals surface area contributed by atoms with Gasteiger partial charge < -0.3 is 53.2 Å². The Morgan fingerprint density at radius 3 is 2.25 bits per heavy atom. The molecular weight excluding hydrogens is 855 g/mol. The molecule has 4 bridgehead atoms. The van der Waals surface area contributed by atoms with E-state index in [1.165, 1.54) is 14.0 Å². The summed E-state index contributed by atoms with van der Waals surface area (Å²) in [7, 11) is 1.40. The lowest BCUT2D eigenvalue weighted by Crippen LogP contribution is -2.56. The van der Waals surface area contributed by atoms with E-state index in [-0.39, 0.29) is 79.9 Å². The number of carbonyl (C=O) groups is 5. The van der Waals surface area contributed by atoms with Crippen LogP contribution >= 0.6 is 0 Å². The van der Waals surface area contributed by atoms with Gasteiger partial charge in [0.2, 0.25) is 23.6 Å². The van der Waals surface area contributed by atoms with E-state index >= 15 is 0 Å². The number of nitriles is 1. The molecule has 18 heteroatoms. The van der Waals surface area contributed by atoms with Crippen LogP contribution in [0.25, 0.3) is 22.5 Å². The fourth-order valence-electron chi connectivity index (χ4n) is 8.00. The fraction of sp³-hybridized carbons (Fsp3) is 0.429. The van der Waals surface area contributed by atoms with Gasteiger partial charge in [0.15, 0.2) is 5.82 Å². The van der Waals surface area contributed by atoms with Gasteiger partial charge in [-0.15, -0.1) is 0 Å². The number of phenolic OH excluding ortho intramolecular Hbond substituents is 1. The van der Waals surface area contributed by atoms with Gasteiger partial charge in [0.05, 0.1) is 23.0 Å². The molecule has 2 heterocycles. The van der Waals surface area contributed by atoms with E-state index < -0.39 is 53.7 Å². The molecular formula is C49H63N11O7. The number of amides is 5. The molecule has 0 saturated heterocycles. The Morgan fingerprint density at radius 2 is 1.64 bits per heavy atom. The van der Waals surface area contributed by atoms with Crippen LogP contribution < -0.4 is 43.2 Å². The smallest absolute Gasteiger partial charge is 0.255 e. The zero-order valence-corrected chi connectivity index (χ0v) is 39.3. The van der Waals surface area contributed by atoms with E-state index in [1.807, 2.05) is 30.3 Å². The Hall–Kier alpha value is -6.94. The average molecular weight is 918 g/mol. The Morgan fingerprint density at radius 1 is 0.955 bits per heavy atom. The lowest BCUT2D eigenvalue weighted by molar-refractivity contribution is -0.141. The summed E-state index contributed by atoms with van der Waals surface area (Å²) in [5, 5.41) is 31.9. The predicted molar refractivity (Wildman–Crippen MR) is 253 cm³/mol. The number of nitrogens with two attached hydrogens (primary N) is 3. The normalized spacial score (nSPS) is 16.6. The second kappa shape index (κ2) is 22.5. The number of carbonyl (C=O) groups excluding carboxylic acids is 5. The molecule has 0 fully saturated rings. The maximum Gasteiger partial charge on any atom is 0.255 e. The minimum absolute atomic E-state index is 0.0197. The predicted octanol–water partition coefficient (Wildman–Crippen LogP) is 2.49. The number of phenols is 1. The third kappa shape index (κ3) is 12.3. The third-order valence-electron chi connectivity index (χ3n) is 11.6. The van der Waals surface area contributed by atoms with E-state index in [1.54, 1.807) is 44.2 Å². The monoisotopic (exact) mass is 917 g/mol. The van der Waals surface area contributed by atoms with E-state index in [0.29, 0.717) is 46.1 Å². The number of nitrogens with zero attached hydrogens (tertiary/aromatic N) is 4. The first-order valence-corrected chi connectivity index (χ1v) is 22.3. The van der Waals surface area contributed by atoms with Crippen molar-refractivity contribution < 1.29 is 33.8 Å². The van der Waals surface area contributed by atoms with Gasteiger partial charge in [-0.3, -0.25) is 24.0 Å². The molecule has 1 aliphatic heterocycles. The van der Waals surface area contributed by atoms with Gasteiger partial charge >= 0.3 is 0 Å². The molecule has 5 rings (SSSR count). The molecule has 0 spiro atoms. The van der Waals surface area contributed by atoms with Gasteiger partial charge in [0.25, 0.3) is 5.91 Å². The van der Waals surface area contributed by atoms with Crippen LogP contribution in [-0.4, -0.2) is 107 Å². The number of hydrogen-bond donors (Lipinski definition) is 8. The lowest BCUT2D eigenvalue weighted by atomic mass is 9.86. The van der Waals surface area contributed by atoms with Crippen LogP contribution in [-0.2, 0) is 37.4 Å². The number of aromatic hydroxyl groups is 1. The zero-order chi connectivity index (χ0) is 49.2. The van der Waals surface area contributed by atoms with Crippen molar-refractivity contribution >= 4 is 29.5 Å². The Balaban J connectivity index is 1.60. The molecule has 4 atom stereocenters. The molecule has 1 aromatic heterocycles. The fourth-order valence-corrected chi connectivity index (χ4v) is 8.00. The van der Waals surface area contributed by atoms with Gasteiger partial charge in [-0.2, -0.15) is 5.26 Å². The molecule has 0 aliphatic carbocycles. The highest BCUT2D eigenvalue weighted by atomic mass is 16.5. The van der Waals surface area contributed by atoms with E-state index in [0.717, 1.165) is 16.0 Å². The zero-order valence-electron chi connectivity index (χ0n) is 39.3. The number of likely N-dealkylation sites (N-methyl/N-ethyl adjacent to an activating group) is 1. The van der Waals surface area contributed by atoms with Crippen molar-refractivity contribution in [3.63, 3.8) is 0 Å². The first-order chi connectivity index (χ1) is 31.8. The third-order valence-corrected chi connectivity index (χ3v) is 11.6. The summed E-state index contributed by atoms with van der Waals surface area (Å²) in [4.78, 5) is 81.3. The maximum absolute atomic E-state index is 14.8. The second-order valence-electron chi connectivity index (χ2n) is 17.7. The van der Waals surface area contributed by atoms with E-state index in [9.17, 15) is 34.3 Å². The molecule has 1 unspecified atom stereocenters. The molecule has 11 N–H and O–H groups in total. The SMILES string of the molecule is Cc1nc(-c2ccc(C(C)(C)C)cc2)nc(C)c1C(=O)NC(CCN)C(=O)N(C)[C@@H]1C(=O)N[C@@H](C)C(=O)N[C@H](C(=O)NCC#N)Cc2ccc(OCCN)c(c2)-c2cc1cc(CCCN)c2O. The van der Waals surface area contributed by atoms with Crippen LogP contribution in [0.5, 0.6) is 11.5 Å². The number of nitrogens with one attached hydrogen (secondary N) is 4. The number of hydrogen-bond acceptors (Lipinski definition) is 13. The molecule has 3 aromatic carbocycles. The molecule has 4 aromatic rings. The van der Waals surface area contributed by atoms with Crippen molar-refractivity contribution in [1.29, 1.82) is 5.26 Å². The molecule has 1 aliphatic rings. The van der Waals surface area contributed by atoms with Crippen molar-refractivity contribution in [2.75, 3.05) is 39.8 Å². The average Bonchev–Trinajstić information content (AvgIpc) is 3.28. The number of benzene rings is 3. The van der Waals surface area contributed by atoms with Crippen molar-refractivity contribution in [2.45, 2.75) is 96.8 Å². The van der Waals surface area contributed by atoms with E-state index in [2.05, 4.69) is 52.0 Å². The number of aryl methyl sites for hydroxylation is 3. The van der Waals surface area contributed by atoms with Crippen molar-refractivity contribution in [2.24, 2.45) is 17.2 Å². The van der Waals surface area contributed by atoms with Crippen molar-refractivity contribution in [3.05, 3.63) is 93.8 Å². The summed E-state index contributed by atoms with van der Waals surface area (Å²) in [6.07, 6.45) is 0.670. The lowest BCUT2D eigenvalue weighted by Gasteiger charge is -2.33. The summed E-state index contributed by atoms with van der Waals surface area (Å²) in [5.74, 6) is -2.85. The number of rotatable bonds is 15. The summed E-state index contributed by atoms with van der Waals surface area (Å²) < 4.78 is 6.05. The van der Waals surface area contributed by atoms with Crippen LogP contribution in [0.15, 0.2) is 54.6 Å². The second-order valence-corrected chi connectivity index (χ2v) is 17.7. The maximum atomic E-state index is 14.8. The van der Waals surface area contributed by atoms with Crippen LogP contribution in [0.4, 0.5) is 0 Å². The summed E-state index contributed by atoms with van der Waals surface area (Å²) >= 11 is 0. The van der Waals surface area contributed by atoms with Crippen LogP contribution in [0.1, 0.15) is 90.6 Å². The standard InChI is InChI=1S/C49H63N11O7/c1-27-40(28(2)56-43(55-27)31-11-13-34(14-12-31)49(4,5)6)46(64)58-37(16-18-51)48(66)60(7)41-33-25-32(9-8-17-50)42(61)36(26-33)35-23-30(10-15-39(35)67-22-20-53)24-38(45(63)54-21-19-52)59-44(62)29(3)57-47(41)65/h10-15,23,25-26,29,37-38,41,61H,8-9,16-18,20-22,24,50-51,53H2,1-7H3,(H,54,63)(H,57,65)(H,58,64)(H,59,62)/t29-,37?,38-,41-/m0/s1. The number of aromatic nitrogens is 2. The van der Waals surface area contributed by atoms with Crippen molar-refractivity contribution in [1.82, 2.24) is 36.1 Å². The minimum atomic E-state index is -1.47. The van der Waals surface area contributed by atoms with Crippen LogP contribution in [0.3, 0.4) is 0 Å².